The number of nitrogens with one attached hydrogen (secondary N) is 3. The van der Waals surface area contributed by atoms with Crippen molar-refractivity contribution in [3.05, 3.63) is 54.0 Å². The van der Waals surface area contributed by atoms with Gasteiger partial charge in [-0.15, -0.1) is 24.0 Å². The van der Waals surface area contributed by atoms with Crippen LogP contribution in [-0.4, -0.2) is 38.6 Å². The normalized spacial score (nSPS) is 10.6. The van der Waals surface area contributed by atoms with Gasteiger partial charge in [0, 0.05) is 19.6 Å². The van der Waals surface area contributed by atoms with Crippen molar-refractivity contribution in [1.29, 1.82) is 0 Å². The van der Waals surface area contributed by atoms with Gasteiger partial charge in [-0.2, -0.15) is 0 Å². The fourth-order valence-corrected chi connectivity index (χ4v) is 2.09. The van der Waals surface area contributed by atoms with Crippen LogP contribution < -0.4 is 20.7 Å². The first-order valence-electron chi connectivity index (χ1n) is 8.19. The molecule has 1 aromatic carbocycles. The number of amides is 1. The summed E-state index contributed by atoms with van der Waals surface area (Å²) in [6, 6.07) is 11.1. The summed E-state index contributed by atoms with van der Waals surface area (Å²) in [5.74, 6) is 1.60. The fraction of sp³-hybridized carbons (Fsp3) is 0.333. The topological polar surface area (TPSA) is 87.9 Å². The summed E-state index contributed by atoms with van der Waals surface area (Å²) < 4.78 is 10.2. The third-order valence-corrected chi connectivity index (χ3v) is 3.37. The molecule has 0 radical (unpaired) electrons. The van der Waals surface area contributed by atoms with Crippen molar-refractivity contribution in [1.82, 2.24) is 16.0 Å². The monoisotopic (exact) mass is 472 g/mol. The summed E-state index contributed by atoms with van der Waals surface area (Å²) >= 11 is 0. The highest BCUT2D eigenvalue weighted by atomic mass is 127. The summed E-state index contributed by atoms with van der Waals surface area (Å²) in [6.45, 7) is 4.34. The number of carbonyl (C=O) groups is 1. The number of guanidine groups is 1. The highest BCUT2D eigenvalue weighted by Gasteiger charge is 2.06. The van der Waals surface area contributed by atoms with Crippen molar-refractivity contribution in [3.63, 3.8) is 0 Å². The summed E-state index contributed by atoms with van der Waals surface area (Å²) in [5, 5.41) is 9.13. The van der Waals surface area contributed by atoms with E-state index in [9.17, 15) is 4.79 Å². The summed E-state index contributed by atoms with van der Waals surface area (Å²) in [4.78, 5) is 16.3. The minimum atomic E-state index is -0.230. The lowest BCUT2D eigenvalue weighted by molar-refractivity contribution is 0.0926. The van der Waals surface area contributed by atoms with Crippen molar-refractivity contribution in [2.75, 3.05) is 26.7 Å². The number of halogens is 1. The zero-order valence-electron chi connectivity index (χ0n) is 15.0. The number of methoxy groups -OCH3 is 1. The van der Waals surface area contributed by atoms with E-state index in [4.69, 9.17) is 9.15 Å². The van der Waals surface area contributed by atoms with Crippen molar-refractivity contribution < 1.29 is 13.9 Å². The van der Waals surface area contributed by atoms with E-state index in [2.05, 4.69) is 20.9 Å². The number of carbonyl (C=O) groups excluding carboxylic acids is 1. The van der Waals surface area contributed by atoms with Crippen LogP contribution in [0.15, 0.2) is 52.1 Å². The van der Waals surface area contributed by atoms with E-state index in [0.29, 0.717) is 31.4 Å². The van der Waals surface area contributed by atoms with E-state index in [1.54, 1.807) is 19.2 Å². The summed E-state index contributed by atoms with van der Waals surface area (Å²) in [6.07, 6.45) is 1.47. The van der Waals surface area contributed by atoms with Crippen LogP contribution in [0.5, 0.6) is 5.75 Å². The van der Waals surface area contributed by atoms with E-state index in [0.717, 1.165) is 17.9 Å². The van der Waals surface area contributed by atoms with Gasteiger partial charge in [-0.05, 0) is 36.8 Å². The van der Waals surface area contributed by atoms with E-state index < -0.39 is 0 Å². The summed E-state index contributed by atoms with van der Waals surface area (Å²) in [5.41, 5.74) is 1.09. The molecule has 0 aliphatic rings. The number of aliphatic imine (C=N–C) groups is 1. The fourth-order valence-electron chi connectivity index (χ4n) is 2.09. The Hall–Kier alpha value is -2.23. The number of benzene rings is 1. The van der Waals surface area contributed by atoms with Crippen LogP contribution in [-0.2, 0) is 6.54 Å². The molecule has 8 heteroatoms. The number of rotatable bonds is 8. The van der Waals surface area contributed by atoms with Crippen LogP contribution in [0.25, 0.3) is 0 Å². The van der Waals surface area contributed by atoms with Crippen LogP contribution in [0.3, 0.4) is 0 Å². The molecule has 0 spiro atoms. The maximum atomic E-state index is 11.8. The number of hydrogen-bond acceptors (Lipinski definition) is 4. The molecule has 0 bridgehead atoms. The molecule has 0 saturated carbocycles. The molecule has 0 aliphatic carbocycles. The Morgan fingerprint density at radius 2 is 1.85 bits per heavy atom. The highest BCUT2D eigenvalue weighted by molar-refractivity contribution is 14.0. The Balaban J connectivity index is 0.00000338. The molecule has 2 rings (SSSR count). The Morgan fingerprint density at radius 3 is 2.46 bits per heavy atom. The molecule has 142 valence electrons. The molecule has 0 atom stereocenters. The molecule has 0 aliphatic heterocycles. The van der Waals surface area contributed by atoms with Crippen LogP contribution in [0.4, 0.5) is 0 Å². The van der Waals surface area contributed by atoms with Gasteiger partial charge in [0.05, 0.1) is 19.9 Å². The first kappa shape index (κ1) is 21.8. The second-order valence-electron chi connectivity index (χ2n) is 5.20. The number of hydrogen-bond donors (Lipinski definition) is 3. The molecule has 1 amide bonds. The zero-order chi connectivity index (χ0) is 17.9. The molecule has 3 N–H and O–H groups in total. The standard InChI is InChI=1S/C18H24N4O3.HI/c1-3-19-18(22-13-14-6-8-15(24-2)9-7-14)21-11-10-20-17(23)16-5-4-12-25-16;/h4-9,12H,3,10-11,13H2,1-2H3,(H,20,23)(H2,19,21,22);1H. The molecule has 0 saturated heterocycles. The smallest absolute Gasteiger partial charge is 0.287 e. The van der Waals surface area contributed by atoms with Gasteiger partial charge in [0.25, 0.3) is 5.91 Å². The largest absolute Gasteiger partial charge is 0.497 e. The van der Waals surface area contributed by atoms with E-state index in [1.807, 2.05) is 31.2 Å². The Bertz CT molecular complexity index is 672. The van der Waals surface area contributed by atoms with Crippen LogP contribution in [0, 0.1) is 0 Å². The molecule has 0 fully saturated rings. The third-order valence-electron chi connectivity index (χ3n) is 3.37. The van der Waals surface area contributed by atoms with Gasteiger partial charge in [-0.3, -0.25) is 4.79 Å². The number of ether oxygens (including phenoxy) is 1. The van der Waals surface area contributed by atoms with E-state index in [1.165, 1.54) is 6.26 Å². The van der Waals surface area contributed by atoms with E-state index >= 15 is 0 Å². The SMILES string of the molecule is CCNC(=NCc1ccc(OC)cc1)NCCNC(=O)c1ccco1.I. The van der Waals surface area contributed by atoms with Gasteiger partial charge in [0.15, 0.2) is 11.7 Å². The Kier molecular flexibility index (Phi) is 10.2. The predicted octanol–water partition coefficient (Wildman–Crippen LogP) is 2.39. The lowest BCUT2D eigenvalue weighted by atomic mass is 10.2. The highest BCUT2D eigenvalue weighted by Crippen LogP contribution is 2.11. The van der Waals surface area contributed by atoms with Crippen LogP contribution >= 0.6 is 24.0 Å². The first-order valence-corrected chi connectivity index (χ1v) is 8.19. The van der Waals surface area contributed by atoms with Crippen molar-refractivity contribution in [3.8, 4) is 5.75 Å². The minimum Gasteiger partial charge on any atom is -0.497 e. The van der Waals surface area contributed by atoms with Gasteiger partial charge >= 0.3 is 0 Å². The Labute approximate surface area is 170 Å². The molecule has 2 aromatic rings. The van der Waals surface area contributed by atoms with Crippen molar-refractivity contribution >= 4 is 35.8 Å². The second kappa shape index (κ2) is 12.2. The van der Waals surface area contributed by atoms with Crippen LogP contribution in [0.2, 0.25) is 0 Å². The molecule has 26 heavy (non-hydrogen) atoms. The molecule has 1 heterocycles. The molecular weight excluding hydrogens is 447 g/mol. The van der Waals surface area contributed by atoms with Gasteiger partial charge in [-0.1, -0.05) is 12.1 Å². The molecule has 1 aromatic heterocycles. The van der Waals surface area contributed by atoms with Crippen molar-refractivity contribution in [2.45, 2.75) is 13.5 Å². The summed E-state index contributed by atoms with van der Waals surface area (Å²) in [7, 11) is 1.64. The quantitative estimate of drug-likeness (QED) is 0.238. The minimum absolute atomic E-state index is 0. The maximum absolute atomic E-state index is 11.8. The lowest BCUT2D eigenvalue weighted by Crippen LogP contribution is -2.41. The van der Waals surface area contributed by atoms with Gasteiger partial charge in [0.1, 0.15) is 5.75 Å². The molecular formula is C18H25IN4O3. The number of furan rings is 1. The second-order valence-corrected chi connectivity index (χ2v) is 5.20. The Morgan fingerprint density at radius 1 is 1.12 bits per heavy atom. The van der Waals surface area contributed by atoms with Gasteiger partial charge in [-0.25, -0.2) is 4.99 Å². The average Bonchev–Trinajstić information content (AvgIpc) is 3.18. The number of nitrogens with zero attached hydrogens (tertiary/aromatic N) is 1. The van der Waals surface area contributed by atoms with E-state index in [-0.39, 0.29) is 29.9 Å². The van der Waals surface area contributed by atoms with Crippen LogP contribution in [0.1, 0.15) is 23.0 Å². The lowest BCUT2D eigenvalue weighted by Gasteiger charge is -2.11. The predicted molar refractivity (Wildman–Crippen MR) is 112 cm³/mol. The van der Waals surface area contributed by atoms with Crippen molar-refractivity contribution in [2.24, 2.45) is 4.99 Å². The van der Waals surface area contributed by atoms with Gasteiger partial charge in [0.2, 0.25) is 0 Å². The van der Waals surface area contributed by atoms with Gasteiger partial charge < -0.3 is 25.1 Å². The maximum Gasteiger partial charge on any atom is 0.287 e. The first-order chi connectivity index (χ1) is 12.2. The third kappa shape index (κ3) is 7.34. The average molecular weight is 472 g/mol. The molecule has 7 nitrogen and oxygen atoms in total. The zero-order valence-corrected chi connectivity index (χ0v) is 17.3. The molecule has 0 unspecified atom stereocenters.